The number of H-pyrrole nitrogens is 2. The summed E-state index contributed by atoms with van der Waals surface area (Å²) in [6.07, 6.45) is 7.56. The van der Waals surface area contributed by atoms with Gasteiger partial charge in [0.2, 0.25) is 0 Å². The topological polar surface area (TPSA) is 100 Å². The largest absolute Gasteiger partial charge is 0.355 e. The van der Waals surface area contributed by atoms with Crippen molar-refractivity contribution in [2.24, 2.45) is 0 Å². The highest BCUT2D eigenvalue weighted by Gasteiger charge is 2.21. The minimum absolute atomic E-state index is 0.0162. The van der Waals surface area contributed by atoms with Gasteiger partial charge in [0.15, 0.2) is 0 Å². The number of nitro benzene ring substituents is 1. The second-order valence-corrected chi connectivity index (χ2v) is 7.83. The molecule has 8 bridgehead atoms. The highest BCUT2D eigenvalue weighted by Crippen LogP contribution is 2.36. The zero-order valence-electron chi connectivity index (χ0n) is 17.3. The first-order valence-electron chi connectivity index (χ1n) is 10.4. The first kappa shape index (κ1) is 18.9. The number of aromatic amines is 2. The van der Waals surface area contributed by atoms with Crippen LogP contribution in [0.15, 0.2) is 66.7 Å². The highest BCUT2D eigenvalue weighted by atomic mass is 16.6. The molecule has 0 saturated carbocycles. The molecule has 0 atom stereocenters. The first-order chi connectivity index (χ1) is 16.1. The second kappa shape index (κ2) is 7.42. The van der Waals surface area contributed by atoms with E-state index in [9.17, 15) is 10.1 Å². The number of nitrogens with one attached hydrogen (secondary N) is 2. The predicted molar refractivity (Wildman–Crippen MR) is 131 cm³/mol. The van der Waals surface area contributed by atoms with Gasteiger partial charge in [-0.2, -0.15) is 0 Å². The summed E-state index contributed by atoms with van der Waals surface area (Å²) in [5.41, 5.74) is 7.66. The summed E-state index contributed by atoms with van der Waals surface area (Å²) in [6, 6.07) is 20.6. The van der Waals surface area contributed by atoms with E-state index in [1.807, 2.05) is 66.8 Å². The molecule has 3 aromatic heterocycles. The summed E-state index contributed by atoms with van der Waals surface area (Å²) in [5, 5.41) is 11.8. The molecule has 158 valence electrons. The van der Waals surface area contributed by atoms with Gasteiger partial charge in [-0.05, 0) is 72.8 Å². The molecular formula is C26H17N5O2. The molecule has 1 aromatic carbocycles. The summed E-state index contributed by atoms with van der Waals surface area (Å²) in [5.74, 6) is 0. The number of benzene rings is 1. The quantitative estimate of drug-likeness (QED) is 0.251. The molecule has 4 aromatic rings. The van der Waals surface area contributed by atoms with Gasteiger partial charge < -0.3 is 9.97 Å². The van der Waals surface area contributed by atoms with Gasteiger partial charge in [-0.15, -0.1) is 0 Å². The monoisotopic (exact) mass is 431 g/mol. The van der Waals surface area contributed by atoms with Crippen molar-refractivity contribution in [2.75, 3.05) is 0 Å². The Morgan fingerprint density at radius 3 is 1.73 bits per heavy atom. The van der Waals surface area contributed by atoms with Crippen molar-refractivity contribution < 1.29 is 4.92 Å². The first-order valence-corrected chi connectivity index (χ1v) is 10.4. The normalized spacial score (nSPS) is 12.2. The summed E-state index contributed by atoms with van der Waals surface area (Å²) in [7, 11) is 0. The lowest BCUT2D eigenvalue weighted by atomic mass is 10.0. The Kier molecular flexibility index (Phi) is 4.26. The van der Waals surface area contributed by atoms with Crippen LogP contribution in [0.25, 0.3) is 57.5 Å². The van der Waals surface area contributed by atoms with Gasteiger partial charge >= 0.3 is 0 Å². The van der Waals surface area contributed by atoms with Crippen molar-refractivity contribution in [3.05, 3.63) is 99.6 Å². The zero-order chi connectivity index (χ0) is 22.4. The lowest BCUT2D eigenvalue weighted by Gasteiger charge is -2.05. The molecular weight excluding hydrogens is 414 g/mol. The van der Waals surface area contributed by atoms with E-state index in [4.69, 9.17) is 9.97 Å². The maximum atomic E-state index is 11.8. The molecule has 0 amide bonds. The third-order valence-corrected chi connectivity index (χ3v) is 5.59. The third-order valence-electron chi connectivity index (χ3n) is 5.59. The van der Waals surface area contributed by atoms with Crippen molar-refractivity contribution in [1.82, 2.24) is 19.9 Å². The van der Waals surface area contributed by atoms with Gasteiger partial charge in [-0.25, -0.2) is 9.97 Å². The molecule has 2 aliphatic rings. The zero-order valence-corrected chi connectivity index (χ0v) is 17.3. The molecule has 2 aliphatic heterocycles. The third kappa shape index (κ3) is 3.51. The molecule has 0 spiro atoms. The number of hydrogen-bond acceptors (Lipinski definition) is 4. The maximum Gasteiger partial charge on any atom is 0.277 e. The van der Waals surface area contributed by atoms with E-state index in [-0.39, 0.29) is 10.6 Å². The van der Waals surface area contributed by atoms with Gasteiger partial charge in [-0.1, -0.05) is 12.1 Å². The lowest BCUT2D eigenvalue weighted by Crippen LogP contribution is -1.95. The smallest absolute Gasteiger partial charge is 0.277 e. The Labute approximate surface area is 188 Å². The number of para-hydroxylation sites is 1. The van der Waals surface area contributed by atoms with Crippen molar-refractivity contribution in [3.63, 3.8) is 0 Å². The van der Waals surface area contributed by atoms with Crippen LogP contribution in [0.4, 0.5) is 5.69 Å². The Morgan fingerprint density at radius 1 is 0.667 bits per heavy atom. The number of nitrogens with zero attached hydrogens (tertiary/aromatic N) is 3. The molecule has 6 rings (SSSR count). The van der Waals surface area contributed by atoms with Crippen LogP contribution < -0.4 is 0 Å². The summed E-state index contributed by atoms with van der Waals surface area (Å²) < 4.78 is 0. The minimum Gasteiger partial charge on any atom is -0.355 e. The van der Waals surface area contributed by atoms with Crippen molar-refractivity contribution >= 4 is 52.1 Å². The van der Waals surface area contributed by atoms with Crippen LogP contribution >= 0.6 is 0 Å². The molecule has 2 N–H and O–H groups in total. The van der Waals surface area contributed by atoms with Gasteiger partial charge in [0, 0.05) is 33.7 Å². The Morgan fingerprint density at radius 2 is 1.18 bits per heavy atom. The van der Waals surface area contributed by atoms with Gasteiger partial charge in [0.1, 0.15) is 0 Å². The fourth-order valence-electron chi connectivity index (χ4n) is 4.13. The number of nitro groups is 1. The van der Waals surface area contributed by atoms with Crippen LogP contribution in [0.1, 0.15) is 22.8 Å². The molecule has 0 radical (unpaired) electrons. The van der Waals surface area contributed by atoms with Crippen molar-refractivity contribution in [1.29, 1.82) is 0 Å². The second-order valence-electron chi connectivity index (χ2n) is 7.83. The van der Waals surface area contributed by atoms with E-state index in [1.54, 1.807) is 18.2 Å². The molecule has 0 fully saturated rings. The van der Waals surface area contributed by atoms with E-state index < -0.39 is 0 Å². The standard InChI is InChI=1S/C26H17N5O2/c32-31(33)25-4-2-1-3-22(25)26-23-11-9-20(29-23)14-18-7-5-16(27-18)13-17-6-8-19(28-17)15-21-10-12-24(26)30-21/h1-15,27-28H. The summed E-state index contributed by atoms with van der Waals surface area (Å²) >= 11 is 0. The molecule has 5 heterocycles. The van der Waals surface area contributed by atoms with Crippen LogP contribution in [-0.4, -0.2) is 24.9 Å². The number of aromatic nitrogens is 4. The van der Waals surface area contributed by atoms with Crippen LogP contribution in [-0.2, 0) is 0 Å². The molecule has 7 heteroatoms. The fraction of sp³-hybridized carbons (Fsp3) is 0. The van der Waals surface area contributed by atoms with Crippen molar-refractivity contribution in [2.45, 2.75) is 0 Å². The molecule has 0 unspecified atom stereocenters. The van der Waals surface area contributed by atoms with E-state index in [2.05, 4.69) is 9.97 Å². The summed E-state index contributed by atoms with van der Waals surface area (Å²) in [6.45, 7) is 0. The van der Waals surface area contributed by atoms with Crippen molar-refractivity contribution in [3.8, 4) is 11.1 Å². The van der Waals surface area contributed by atoms with Crippen LogP contribution in [0.3, 0.4) is 0 Å². The predicted octanol–water partition coefficient (Wildman–Crippen LogP) is 6.23. The molecule has 0 saturated heterocycles. The van der Waals surface area contributed by atoms with Crippen LogP contribution in [0.2, 0.25) is 0 Å². The number of rotatable bonds is 2. The van der Waals surface area contributed by atoms with Gasteiger partial charge in [-0.3, -0.25) is 10.1 Å². The molecule has 0 aliphatic carbocycles. The van der Waals surface area contributed by atoms with E-state index in [1.165, 1.54) is 6.07 Å². The SMILES string of the molecule is O=[N+]([O-])c1ccccc1-c1c2nc(cc3ccc(cc4ccc(cc5nc1C=C5)[nH]4)[nH]3)C=C2. The molecule has 33 heavy (non-hydrogen) atoms. The lowest BCUT2D eigenvalue weighted by molar-refractivity contribution is -0.384. The number of hydrogen-bond donors (Lipinski definition) is 2. The van der Waals surface area contributed by atoms with Crippen LogP contribution in [0.5, 0.6) is 0 Å². The molecule has 7 nitrogen and oxygen atoms in total. The fourth-order valence-corrected chi connectivity index (χ4v) is 4.13. The van der Waals surface area contributed by atoms with E-state index in [0.29, 0.717) is 22.5 Å². The van der Waals surface area contributed by atoms with E-state index >= 15 is 0 Å². The van der Waals surface area contributed by atoms with Crippen LogP contribution in [0, 0.1) is 10.1 Å². The minimum atomic E-state index is -0.370. The Bertz CT molecular complexity index is 1560. The number of fused-ring (bicyclic) bond motifs is 8. The van der Waals surface area contributed by atoms with Gasteiger partial charge in [0.25, 0.3) is 5.69 Å². The Balaban J connectivity index is 1.74. The van der Waals surface area contributed by atoms with E-state index in [0.717, 1.165) is 33.5 Å². The average molecular weight is 431 g/mol. The highest BCUT2D eigenvalue weighted by molar-refractivity contribution is 5.91. The Hall–Kier alpha value is -4.78. The maximum absolute atomic E-state index is 11.8. The average Bonchev–Trinajstić information content (AvgIpc) is 3.60. The summed E-state index contributed by atoms with van der Waals surface area (Å²) in [4.78, 5) is 27.7. The van der Waals surface area contributed by atoms with Gasteiger partial charge in [0.05, 0.1) is 33.3 Å².